The summed E-state index contributed by atoms with van der Waals surface area (Å²) < 4.78 is 10.3. The van der Waals surface area contributed by atoms with E-state index in [1.165, 1.54) is 16.1 Å². The van der Waals surface area contributed by atoms with Gasteiger partial charge in [-0.2, -0.15) is 0 Å². The Morgan fingerprint density at radius 3 is 3.00 bits per heavy atom. The molecule has 0 aliphatic carbocycles. The van der Waals surface area contributed by atoms with Crippen molar-refractivity contribution in [2.45, 2.75) is 12.6 Å². The van der Waals surface area contributed by atoms with E-state index in [4.69, 9.17) is 14.3 Å². The highest BCUT2D eigenvalue weighted by Crippen LogP contribution is 2.12. The van der Waals surface area contributed by atoms with E-state index in [-0.39, 0.29) is 19.2 Å². The van der Waals surface area contributed by atoms with Crippen LogP contribution < -0.4 is 0 Å². The van der Waals surface area contributed by atoms with Crippen LogP contribution in [-0.2, 0) is 16.1 Å². The summed E-state index contributed by atoms with van der Waals surface area (Å²) in [5.74, 6) is -0.407. The number of amides is 2. The Labute approximate surface area is 110 Å². The first kappa shape index (κ1) is 13.4. The van der Waals surface area contributed by atoms with Crippen LogP contribution in [0.4, 0.5) is 4.79 Å². The maximum atomic E-state index is 12.2. The van der Waals surface area contributed by atoms with E-state index < -0.39 is 12.0 Å². The third kappa shape index (κ3) is 3.05. The summed E-state index contributed by atoms with van der Waals surface area (Å²) in [5, 5.41) is 9.09. The second-order valence-corrected chi connectivity index (χ2v) is 4.34. The molecule has 1 fully saturated rings. The zero-order valence-corrected chi connectivity index (χ0v) is 10.6. The highest BCUT2D eigenvalue weighted by molar-refractivity contribution is 5.82. The number of carbonyl (C=O) groups excluding carboxylic acids is 1. The van der Waals surface area contributed by atoms with Crippen LogP contribution in [0.3, 0.4) is 0 Å². The molecule has 2 rings (SSSR count). The van der Waals surface area contributed by atoms with Gasteiger partial charge in [-0.25, -0.2) is 9.59 Å². The summed E-state index contributed by atoms with van der Waals surface area (Å²) in [6.45, 7) is 0.952. The molecule has 0 aromatic carbocycles. The SMILES string of the molecule is CN(Cc1ccco1)C(=O)N1CCOCC1C(=O)O. The number of carbonyl (C=O) groups is 2. The highest BCUT2D eigenvalue weighted by atomic mass is 16.5. The van der Waals surface area contributed by atoms with Crippen LogP contribution >= 0.6 is 0 Å². The predicted molar refractivity (Wildman–Crippen MR) is 64.5 cm³/mol. The fraction of sp³-hybridized carbons (Fsp3) is 0.500. The maximum absolute atomic E-state index is 12.2. The number of rotatable bonds is 3. The van der Waals surface area contributed by atoms with E-state index in [9.17, 15) is 9.59 Å². The van der Waals surface area contributed by atoms with Gasteiger partial charge in [0.1, 0.15) is 5.76 Å². The molecule has 7 nitrogen and oxygen atoms in total. The molecule has 1 aromatic rings. The van der Waals surface area contributed by atoms with E-state index in [2.05, 4.69) is 0 Å². The molecule has 1 aliphatic rings. The second-order valence-electron chi connectivity index (χ2n) is 4.34. The minimum Gasteiger partial charge on any atom is -0.480 e. The molecule has 0 radical (unpaired) electrons. The van der Waals surface area contributed by atoms with Gasteiger partial charge in [0.05, 0.1) is 26.0 Å². The fourth-order valence-electron chi connectivity index (χ4n) is 1.96. The van der Waals surface area contributed by atoms with Crippen molar-refractivity contribution in [1.82, 2.24) is 9.80 Å². The van der Waals surface area contributed by atoms with Gasteiger partial charge in [-0.15, -0.1) is 0 Å². The zero-order chi connectivity index (χ0) is 13.8. The zero-order valence-electron chi connectivity index (χ0n) is 10.6. The topological polar surface area (TPSA) is 83.2 Å². The Morgan fingerprint density at radius 2 is 2.37 bits per heavy atom. The number of hydrogen-bond acceptors (Lipinski definition) is 4. The first-order chi connectivity index (χ1) is 9.09. The standard InChI is InChI=1S/C12H16N2O5/c1-13(7-9-3-2-5-19-9)12(17)14-4-6-18-8-10(14)11(15)16/h2-3,5,10H,4,6-8H2,1H3,(H,15,16). The van der Waals surface area contributed by atoms with E-state index in [1.807, 2.05) is 0 Å². The average molecular weight is 268 g/mol. The molecule has 0 spiro atoms. The highest BCUT2D eigenvalue weighted by Gasteiger charge is 2.34. The third-order valence-electron chi connectivity index (χ3n) is 2.96. The molecule has 104 valence electrons. The molecule has 0 saturated carbocycles. The monoisotopic (exact) mass is 268 g/mol. The van der Waals surface area contributed by atoms with E-state index in [0.29, 0.717) is 18.9 Å². The minimum atomic E-state index is -1.06. The van der Waals surface area contributed by atoms with Gasteiger partial charge in [-0.1, -0.05) is 0 Å². The van der Waals surface area contributed by atoms with Crippen LogP contribution in [0.1, 0.15) is 5.76 Å². The molecule has 1 aromatic heterocycles. The molecule has 1 unspecified atom stereocenters. The molecule has 19 heavy (non-hydrogen) atoms. The molecule has 2 heterocycles. The lowest BCUT2D eigenvalue weighted by Gasteiger charge is -2.35. The van der Waals surface area contributed by atoms with Crippen LogP contribution in [0, 0.1) is 0 Å². The largest absolute Gasteiger partial charge is 0.480 e. The van der Waals surface area contributed by atoms with Crippen molar-refractivity contribution < 1.29 is 23.8 Å². The molecular formula is C12H16N2O5. The Kier molecular flexibility index (Phi) is 4.06. The van der Waals surface area contributed by atoms with Crippen molar-refractivity contribution in [1.29, 1.82) is 0 Å². The first-order valence-corrected chi connectivity index (χ1v) is 5.94. The van der Waals surface area contributed by atoms with Gasteiger partial charge < -0.3 is 24.1 Å². The number of aliphatic carboxylic acids is 1. The normalized spacial score (nSPS) is 19.2. The van der Waals surface area contributed by atoms with Gasteiger partial charge in [0.15, 0.2) is 6.04 Å². The molecule has 7 heteroatoms. The maximum Gasteiger partial charge on any atom is 0.328 e. The Bertz CT molecular complexity index is 445. The van der Waals surface area contributed by atoms with Crippen LogP contribution in [0.2, 0.25) is 0 Å². The molecule has 1 saturated heterocycles. The van der Waals surface area contributed by atoms with Crippen molar-refractivity contribution in [3.8, 4) is 0 Å². The van der Waals surface area contributed by atoms with Gasteiger partial charge in [0, 0.05) is 13.6 Å². The van der Waals surface area contributed by atoms with Gasteiger partial charge in [0.2, 0.25) is 0 Å². The first-order valence-electron chi connectivity index (χ1n) is 5.94. The lowest BCUT2D eigenvalue weighted by atomic mass is 10.2. The second kappa shape index (κ2) is 5.75. The Balaban J connectivity index is 2.02. The molecule has 1 atom stereocenters. The number of urea groups is 1. The van der Waals surface area contributed by atoms with Crippen molar-refractivity contribution >= 4 is 12.0 Å². The summed E-state index contributed by atoms with van der Waals surface area (Å²) in [4.78, 5) is 26.1. The summed E-state index contributed by atoms with van der Waals surface area (Å²) in [7, 11) is 1.61. The smallest absolute Gasteiger partial charge is 0.328 e. The van der Waals surface area contributed by atoms with Gasteiger partial charge in [-0.05, 0) is 12.1 Å². The number of morpholine rings is 1. The van der Waals surface area contributed by atoms with Gasteiger partial charge >= 0.3 is 12.0 Å². The lowest BCUT2D eigenvalue weighted by molar-refractivity contribution is -0.147. The quantitative estimate of drug-likeness (QED) is 0.868. The van der Waals surface area contributed by atoms with E-state index in [0.717, 1.165) is 0 Å². The van der Waals surface area contributed by atoms with E-state index in [1.54, 1.807) is 19.2 Å². The lowest BCUT2D eigenvalue weighted by Crippen LogP contribution is -2.55. The number of hydrogen-bond donors (Lipinski definition) is 1. The molecular weight excluding hydrogens is 252 g/mol. The molecule has 2 amide bonds. The number of furan rings is 1. The Hall–Kier alpha value is -2.02. The molecule has 0 bridgehead atoms. The summed E-state index contributed by atoms with van der Waals surface area (Å²) in [6, 6.07) is 2.23. The summed E-state index contributed by atoms with van der Waals surface area (Å²) in [6.07, 6.45) is 1.53. The fourth-order valence-corrected chi connectivity index (χ4v) is 1.96. The predicted octanol–water partition coefficient (Wildman–Crippen LogP) is 0.617. The summed E-state index contributed by atoms with van der Waals surface area (Å²) in [5.41, 5.74) is 0. The van der Waals surface area contributed by atoms with Crippen molar-refractivity contribution in [3.05, 3.63) is 24.2 Å². The third-order valence-corrected chi connectivity index (χ3v) is 2.96. The van der Waals surface area contributed by atoms with Crippen molar-refractivity contribution in [2.24, 2.45) is 0 Å². The average Bonchev–Trinajstić information content (AvgIpc) is 2.90. The number of carboxylic acid groups (broad SMARTS) is 1. The van der Waals surface area contributed by atoms with Crippen LogP contribution in [-0.4, -0.2) is 59.8 Å². The van der Waals surface area contributed by atoms with Crippen LogP contribution in [0.15, 0.2) is 22.8 Å². The van der Waals surface area contributed by atoms with Crippen LogP contribution in [0.25, 0.3) is 0 Å². The van der Waals surface area contributed by atoms with Crippen LogP contribution in [0.5, 0.6) is 0 Å². The summed E-state index contributed by atoms with van der Waals surface area (Å²) >= 11 is 0. The molecule has 1 aliphatic heterocycles. The molecule has 1 N–H and O–H groups in total. The Morgan fingerprint density at radius 1 is 1.58 bits per heavy atom. The van der Waals surface area contributed by atoms with Crippen molar-refractivity contribution in [2.75, 3.05) is 26.8 Å². The van der Waals surface area contributed by atoms with Gasteiger partial charge in [0.25, 0.3) is 0 Å². The number of ether oxygens (including phenoxy) is 1. The van der Waals surface area contributed by atoms with E-state index >= 15 is 0 Å². The van der Waals surface area contributed by atoms with Gasteiger partial charge in [-0.3, -0.25) is 0 Å². The number of carboxylic acids is 1. The van der Waals surface area contributed by atoms with Crippen molar-refractivity contribution in [3.63, 3.8) is 0 Å². The minimum absolute atomic E-state index is 0.0235. The number of nitrogens with zero attached hydrogens (tertiary/aromatic N) is 2.